The van der Waals surface area contributed by atoms with E-state index in [1.807, 2.05) is 0 Å². The highest BCUT2D eigenvalue weighted by molar-refractivity contribution is 5.85. The summed E-state index contributed by atoms with van der Waals surface area (Å²) >= 11 is 0. The number of carbonyl (C=O) groups excluding carboxylic acids is 1. The summed E-state index contributed by atoms with van der Waals surface area (Å²) in [5, 5.41) is 14.1. The first kappa shape index (κ1) is 15.8. The molecule has 6 nitrogen and oxygen atoms in total. The Morgan fingerprint density at radius 1 is 1.32 bits per heavy atom. The van der Waals surface area contributed by atoms with Gasteiger partial charge in [0, 0.05) is 6.54 Å². The van der Waals surface area contributed by atoms with Crippen molar-refractivity contribution in [3.8, 4) is 0 Å². The van der Waals surface area contributed by atoms with Crippen molar-refractivity contribution < 1.29 is 14.7 Å². The fourth-order valence-corrected chi connectivity index (χ4v) is 2.13. The third-order valence-corrected chi connectivity index (χ3v) is 3.67. The molecule has 1 rings (SSSR count). The number of amides is 2. The molecular formula is C13H25N3O3. The summed E-state index contributed by atoms with van der Waals surface area (Å²) in [5.74, 6) is -0.555. The van der Waals surface area contributed by atoms with E-state index >= 15 is 0 Å². The molecule has 0 saturated carbocycles. The number of nitrogens with zero attached hydrogens (tertiary/aromatic N) is 1. The number of likely N-dealkylation sites (tertiary alicyclic amines) is 1. The highest BCUT2D eigenvalue weighted by Gasteiger charge is 2.29. The van der Waals surface area contributed by atoms with Gasteiger partial charge in [0.15, 0.2) is 0 Å². The number of carboxylic acids is 1. The molecule has 0 atom stereocenters. The largest absolute Gasteiger partial charge is 0.480 e. The summed E-state index contributed by atoms with van der Waals surface area (Å²) in [6, 6.07) is -0.412. The van der Waals surface area contributed by atoms with Gasteiger partial charge in [0.2, 0.25) is 0 Å². The number of nitrogens with one attached hydrogen (secondary N) is 2. The lowest BCUT2D eigenvalue weighted by molar-refractivity contribution is -0.142. The van der Waals surface area contributed by atoms with Gasteiger partial charge < -0.3 is 20.6 Å². The Morgan fingerprint density at radius 3 is 2.37 bits per heavy atom. The molecule has 0 aliphatic carbocycles. The molecule has 1 aliphatic heterocycles. The molecule has 6 heteroatoms. The highest BCUT2D eigenvalue weighted by Crippen LogP contribution is 2.15. The minimum atomic E-state index is -1.24. The Labute approximate surface area is 114 Å². The second-order valence-corrected chi connectivity index (χ2v) is 5.64. The molecule has 0 bridgehead atoms. The lowest BCUT2D eigenvalue weighted by Crippen LogP contribution is -2.54. The van der Waals surface area contributed by atoms with Gasteiger partial charge in [-0.1, -0.05) is 6.92 Å². The van der Waals surface area contributed by atoms with Gasteiger partial charge >= 0.3 is 12.0 Å². The molecule has 19 heavy (non-hydrogen) atoms. The third-order valence-electron chi connectivity index (χ3n) is 3.67. The van der Waals surface area contributed by atoms with E-state index in [0.29, 0.717) is 12.5 Å². The topological polar surface area (TPSA) is 81.7 Å². The molecule has 0 aromatic heterocycles. The number of urea groups is 1. The molecule has 2 amide bonds. The van der Waals surface area contributed by atoms with Crippen LogP contribution < -0.4 is 10.6 Å². The van der Waals surface area contributed by atoms with Crippen molar-refractivity contribution in [2.24, 2.45) is 5.92 Å². The Bertz CT molecular complexity index is 323. The summed E-state index contributed by atoms with van der Waals surface area (Å²) < 4.78 is 0. The van der Waals surface area contributed by atoms with Crippen LogP contribution in [0.25, 0.3) is 0 Å². The SMILES string of the molecule is CCN1CCC(CNC(=O)NC(C)(C)C(=O)O)CC1. The summed E-state index contributed by atoms with van der Waals surface area (Å²) in [7, 11) is 0. The monoisotopic (exact) mass is 271 g/mol. The summed E-state index contributed by atoms with van der Waals surface area (Å²) in [5.41, 5.74) is -1.24. The fourth-order valence-electron chi connectivity index (χ4n) is 2.13. The minimum Gasteiger partial charge on any atom is -0.480 e. The van der Waals surface area contributed by atoms with E-state index in [9.17, 15) is 9.59 Å². The van der Waals surface area contributed by atoms with Crippen LogP contribution in [-0.2, 0) is 4.79 Å². The van der Waals surface area contributed by atoms with Gasteiger partial charge in [0.25, 0.3) is 0 Å². The molecular weight excluding hydrogens is 246 g/mol. The van der Waals surface area contributed by atoms with Gasteiger partial charge in [0.05, 0.1) is 0 Å². The van der Waals surface area contributed by atoms with E-state index in [2.05, 4.69) is 22.5 Å². The van der Waals surface area contributed by atoms with Crippen molar-refractivity contribution in [3.05, 3.63) is 0 Å². The van der Waals surface area contributed by atoms with Crippen molar-refractivity contribution in [1.29, 1.82) is 0 Å². The van der Waals surface area contributed by atoms with Crippen LogP contribution in [0, 0.1) is 5.92 Å². The molecule has 0 radical (unpaired) electrons. The first-order valence-corrected chi connectivity index (χ1v) is 6.87. The van der Waals surface area contributed by atoms with Crippen LogP contribution in [0.15, 0.2) is 0 Å². The van der Waals surface area contributed by atoms with Gasteiger partial charge in [-0.3, -0.25) is 0 Å². The fraction of sp³-hybridized carbons (Fsp3) is 0.846. The van der Waals surface area contributed by atoms with E-state index in [1.165, 1.54) is 13.8 Å². The van der Waals surface area contributed by atoms with E-state index in [1.54, 1.807) is 0 Å². The highest BCUT2D eigenvalue weighted by atomic mass is 16.4. The maximum Gasteiger partial charge on any atom is 0.328 e. The summed E-state index contributed by atoms with van der Waals surface area (Å²) in [6.07, 6.45) is 2.16. The van der Waals surface area contributed by atoms with E-state index in [4.69, 9.17) is 5.11 Å². The van der Waals surface area contributed by atoms with Crippen LogP contribution in [0.1, 0.15) is 33.6 Å². The molecule has 1 aliphatic rings. The quantitative estimate of drug-likeness (QED) is 0.693. The van der Waals surface area contributed by atoms with Crippen LogP contribution in [0.2, 0.25) is 0 Å². The van der Waals surface area contributed by atoms with Crippen molar-refractivity contribution in [1.82, 2.24) is 15.5 Å². The number of hydrogen-bond donors (Lipinski definition) is 3. The van der Waals surface area contributed by atoms with E-state index in [0.717, 1.165) is 32.5 Å². The molecule has 110 valence electrons. The van der Waals surface area contributed by atoms with Crippen LogP contribution in [0.4, 0.5) is 4.79 Å². The lowest BCUT2D eigenvalue weighted by Gasteiger charge is -2.31. The number of rotatable bonds is 5. The van der Waals surface area contributed by atoms with E-state index < -0.39 is 17.5 Å². The molecule has 0 aromatic rings. The van der Waals surface area contributed by atoms with E-state index in [-0.39, 0.29) is 0 Å². The number of aliphatic carboxylic acids is 1. The zero-order chi connectivity index (χ0) is 14.5. The average molecular weight is 271 g/mol. The average Bonchev–Trinajstić information content (AvgIpc) is 2.36. The predicted molar refractivity (Wildman–Crippen MR) is 73.1 cm³/mol. The van der Waals surface area contributed by atoms with Crippen molar-refractivity contribution in [3.63, 3.8) is 0 Å². The smallest absolute Gasteiger partial charge is 0.328 e. The van der Waals surface area contributed by atoms with Crippen LogP contribution in [0.3, 0.4) is 0 Å². The zero-order valence-electron chi connectivity index (χ0n) is 12.0. The Balaban J connectivity index is 2.26. The first-order chi connectivity index (χ1) is 8.85. The number of carbonyl (C=O) groups is 2. The second-order valence-electron chi connectivity index (χ2n) is 5.64. The second kappa shape index (κ2) is 6.75. The normalized spacial score (nSPS) is 18.1. The van der Waals surface area contributed by atoms with Gasteiger partial charge in [-0.2, -0.15) is 0 Å². The molecule has 1 saturated heterocycles. The lowest BCUT2D eigenvalue weighted by atomic mass is 9.97. The summed E-state index contributed by atoms with van der Waals surface area (Å²) in [6.45, 7) is 8.92. The number of hydrogen-bond acceptors (Lipinski definition) is 3. The van der Waals surface area contributed by atoms with Gasteiger partial charge in [-0.05, 0) is 52.2 Å². The van der Waals surface area contributed by atoms with Crippen LogP contribution in [-0.4, -0.2) is 53.7 Å². The molecule has 3 N–H and O–H groups in total. The van der Waals surface area contributed by atoms with Crippen LogP contribution in [0.5, 0.6) is 0 Å². The Morgan fingerprint density at radius 2 is 1.89 bits per heavy atom. The Hall–Kier alpha value is -1.30. The number of carboxylic acid groups (broad SMARTS) is 1. The van der Waals surface area contributed by atoms with Gasteiger partial charge in [0.1, 0.15) is 5.54 Å². The van der Waals surface area contributed by atoms with Crippen LogP contribution >= 0.6 is 0 Å². The molecule has 0 unspecified atom stereocenters. The van der Waals surface area contributed by atoms with Crippen molar-refractivity contribution in [2.75, 3.05) is 26.2 Å². The standard InChI is InChI=1S/C13H25N3O3/c1-4-16-7-5-10(6-8-16)9-14-12(19)15-13(2,3)11(17)18/h10H,4-9H2,1-3H3,(H,17,18)(H2,14,15,19). The Kier molecular flexibility index (Phi) is 5.60. The summed E-state index contributed by atoms with van der Waals surface area (Å²) in [4.78, 5) is 24.9. The number of piperidine rings is 1. The zero-order valence-corrected chi connectivity index (χ0v) is 12.0. The third kappa shape index (κ3) is 5.06. The van der Waals surface area contributed by atoms with Crippen molar-refractivity contribution >= 4 is 12.0 Å². The maximum absolute atomic E-state index is 11.6. The molecule has 0 spiro atoms. The molecule has 0 aromatic carbocycles. The van der Waals surface area contributed by atoms with Crippen molar-refractivity contribution in [2.45, 2.75) is 39.2 Å². The minimum absolute atomic E-state index is 0.412. The van der Waals surface area contributed by atoms with Gasteiger partial charge in [-0.15, -0.1) is 0 Å². The maximum atomic E-state index is 11.6. The van der Waals surface area contributed by atoms with Gasteiger partial charge in [-0.25, -0.2) is 9.59 Å². The predicted octanol–water partition coefficient (Wildman–Crippen LogP) is 0.881. The first-order valence-electron chi connectivity index (χ1n) is 6.87. The molecule has 1 fully saturated rings. The molecule has 1 heterocycles.